The highest BCUT2D eigenvalue weighted by atomic mass is 16.7. The molecule has 0 unspecified atom stereocenters. The van der Waals surface area contributed by atoms with E-state index in [1.54, 1.807) is 30.5 Å². The van der Waals surface area contributed by atoms with Gasteiger partial charge in [0.05, 0.1) is 11.9 Å². The largest absolute Gasteiger partial charge is 0.454 e. The fraction of sp³-hybridized carbons (Fsp3) is 0.0714. The summed E-state index contributed by atoms with van der Waals surface area (Å²) in [5, 5.41) is 3.85. The van der Waals surface area contributed by atoms with Gasteiger partial charge in [0.25, 0.3) is 5.91 Å². The van der Waals surface area contributed by atoms with Crippen LogP contribution in [0.5, 0.6) is 11.5 Å². The van der Waals surface area contributed by atoms with Gasteiger partial charge in [-0.1, -0.05) is 6.07 Å². The summed E-state index contributed by atoms with van der Waals surface area (Å²) in [6.45, 7) is 0.179. The van der Waals surface area contributed by atoms with Crippen LogP contribution in [0, 0.1) is 0 Å². The van der Waals surface area contributed by atoms with E-state index >= 15 is 0 Å². The summed E-state index contributed by atoms with van der Waals surface area (Å²) in [5.41, 5.74) is 3.55. The Bertz CT molecular complexity index is 656. The number of rotatable bonds is 3. The van der Waals surface area contributed by atoms with Crippen LogP contribution in [0.15, 0.2) is 47.7 Å². The molecule has 1 aliphatic heterocycles. The summed E-state index contributed by atoms with van der Waals surface area (Å²) in [6, 6.07) is 10.4. The number of nitrogens with zero attached hydrogens (tertiary/aromatic N) is 2. The van der Waals surface area contributed by atoms with Gasteiger partial charge in [0.2, 0.25) is 6.79 Å². The number of nitrogens with one attached hydrogen (secondary N) is 1. The molecule has 1 aliphatic rings. The van der Waals surface area contributed by atoms with E-state index in [-0.39, 0.29) is 12.7 Å². The number of fused-ring (bicyclic) bond motifs is 1. The molecular weight excluding hydrogens is 258 g/mol. The van der Waals surface area contributed by atoms with Crippen LogP contribution in [0.4, 0.5) is 0 Å². The summed E-state index contributed by atoms with van der Waals surface area (Å²) in [4.78, 5) is 16.0. The van der Waals surface area contributed by atoms with Crippen molar-refractivity contribution in [3.8, 4) is 11.5 Å². The Balaban J connectivity index is 1.66. The number of benzene rings is 1. The lowest BCUT2D eigenvalue weighted by Gasteiger charge is -2.01. The zero-order chi connectivity index (χ0) is 13.8. The zero-order valence-corrected chi connectivity index (χ0v) is 10.4. The Kier molecular flexibility index (Phi) is 3.28. The lowest BCUT2D eigenvalue weighted by Crippen LogP contribution is -2.17. The van der Waals surface area contributed by atoms with Crippen molar-refractivity contribution in [1.82, 2.24) is 10.4 Å². The van der Waals surface area contributed by atoms with Crippen molar-refractivity contribution in [1.29, 1.82) is 0 Å². The predicted octanol–water partition coefficient (Wildman–Crippen LogP) is 1.57. The van der Waals surface area contributed by atoms with Crippen LogP contribution in [0.2, 0.25) is 0 Å². The van der Waals surface area contributed by atoms with Crippen LogP contribution >= 0.6 is 0 Å². The summed E-state index contributed by atoms with van der Waals surface area (Å²) in [7, 11) is 0. The summed E-state index contributed by atoms with van der Waals surface area (Å²) in [6.07, 6.45) is 3.13. The van der Waals surface area contributed by atoms with E-state index in [1.807, 2.05) is 12.1 Å². The molecule has 0 saturated carbocycles. The third kappa shape index (κ3) is 2.59. The van der Waals surface area contributed by atoms with E-state index in [4.69, 9.17) is 9.47 Å². The van der Waals surface area contributed by atoms with Gasteiger partial charge < -0.3 is 9.47 Å². The SMILES string of the molecule is O=C(N/N=C/c1ccccn1)c1ccc2c(c1)OCO2. The second-order valence-corrected chi connectivity index (χ2v) is 4.02. The fourth-order valence-corrected chi connectivity index (χ4v) is 1.71. The van der Waals surface area contributed by atoms with Gasteiger partial charge in [-0.3, -0.25) is 9.78 Å². The Hall–Kier alpha value is -2.89. The summed E-state index contributed by atoms with van der Waals surface area (Å²) in [5.74, 6) is 0.875. The molecule has 2 aromatic rings. The topological polar surface area (TPSA) is 72.8 Å². The van der Waals surface area contributed by atoms with Gasteiger partial charge in [0, 0.05) is 11.8 Å². The Morgan fingerprint density at radius 1 is 1.25 bits per heavy atom. The highest BCUT2D eigenvalue weighted by molar-refractivity contribution is 5.95. The molecule has 3 rings (SSSR count). The number of amides is 1. The van der Waals surface area contributed by atoms with Gasteiger partial charge in [-0.25, -0.2) is 5.43 Å². The van der Waals surface area contributed by atoms with Crippen LogP contribution in [-0.4, -0.2) is 23.9 Å². The second-order valence-electron chi connectivity index (χ2n) is 4.02. The minimum atomic E-state index is -0.324. The molecule has 2 heterocycles. The molecule has 0 radical (unpaired) electrons. The Morgan fingerprint density at radius 3 is 3.00 bits per heavy atom. The molecular formula is C14H11N3O3. The number of ether oxygens (including phenoxy) is 2. The maximum absolute atomic E-state index is 11.9. The third-order valence-electron chi connectivity index (χ3n) is 2.69. The van der Waals surface area contributed by atoms with Gasteiger partial charge in [0.15, 0.2) is 11.5 Å². The highest BCUT2D eigenvalue weighted by Gasteiger charge is 2.15. The molecule has 1 N–H and O–H groups in total. The van der Waals surface area contributed by atoms with Crippen LogP contribution in [0.3, 0.4) is 0 Å². The normalized spacial score (nSPS) is 12.6. The van der Waals surface area contributed by atoms with E-state index in [2.05, 4.69) is 15.5 Å². The van der Waals surface area contributed by atoms with Crippen LogP contribution in [0.1, 0.15) is 16.1 Å². The van der Waals surface area contributed by atoms with Gasteiger partial charge >= 0.3 is 0 Å². The number of hydrazone groups is 1. The Labute approximate surface area is 115 Å². The van der Waals surface area contributed by atoms with Crippen LogP contribution in [-0.2, 0) is 0 Å². The Morgan fingerprint density at radius 2 is 2.15 bits per heavy atom. The van der Waals surface area contributed by atoms with Crippen molar-refractivity contribution in [2.75, 3.05) is 6.79 Å². The third-order valence-corrected chi connectivity index (χ3v) is 2.69. The minimum Gasteiger partial charge on any atom is -0.454 e. The van der Waals surface area contributed by atoms with Crippen molar-refractivity contribution < 1.29 is 14.3 Å². The smallest absolute Gasteiger partial charge is 0.271 e. The maximum Gasteiger partial charge on any atom is 0.271 e. The maximum atomic E-state index is 11.9. The van der Waals surface area contributed by atoms with E-state index < -0.39 is 0 Å². The molecule has 0 bridgehead atoms. The summed E-state index contributed by atoms with van der Waals surface area (Å²) >= 11 is 0. The second kappa shape index (κ2) is 5.40. The van der Waals surface area contributed by atoms with Crippen molar-refractivity contribution in [2.45, 2.75) is 0 Å². The first-order valence-electron chi connectivity index (χ1n) is 5.97. The first kappa shape index (κ1) is 12.2. The van der Waals surface area contributed by atoms with Gasteiger partial charge in [-0.2, -0.15) is 5.10 Å². The highest BCUT2D eigenvalue weighted by Crippen LogP contribution is 2.32. The molecule has 20 heavy (non-hydrogen) atoms. The molecule has 0 spiro atoms. The molecule has 1 aromatic heterocycles. The van der Waals surface area contributed by atoms with Crippen molar-refractivity contribution in [3.05, 3.63) is 53.9 Å². The molecule has 0 fully saturated rings. The average Bonchev–Trinajstić information content (AvgIpc) is 2.95. The van der Waals surface area contributed by atoms with E-state index in [0.717, 1.165) is 0 Å². The first-order chi connectivity index (χ1) is 9.83. The molecule has 6 nitrogen and oxygen atoms in total. The monoisotopic (exact) mass is 269 g/mol. The van der Waals surface area contributed by atoms with Gasteiger partial charge in [-0.15, -0.1) is 0 Å². The average molecular weight is 269 g/mol. The van der Waals surface area contributed by atoms with Crippen molar-refractivity contribution in [2.24, 2.45) is 5.10 Å². The van der Waals surface area contributed by atoms with E-state index in [0.29, 0.717) is 22.8 Å². The summed E-state index contributed by atoms with van der Waals surface area (Å²) < 4.78 is 10.4. The quantitative estimate of drug-likeness (QED) is 0.678. The lowest BCUT2D eigenvalue weighted by molar-refractivity contribution is 0.0954. The zero-order valence-electron chi connectivity index (χ0n) is 10.4. The molecule has 100 valence electrons. The van der Waals surface area contributed by atoms with Crippen LogP contribution in [0.25, 0.3) is 0 Å². The minimum absolute atomic E-state index is 0.179. The number of hydrogen-bond acceptors (Lipinski definition) is 5. The number of hydrogen-bond donors (Lipinski definition) is 1. The molecule has 1 aromatic carbocycles. The first-order valence-corrected chi connectivity index (χ1v) is 5.97. The molecule has 0 atom stereocenters. The van der Waals surface area contributed by atoms with Gasteiger partial charge in [-0.05, 0) is 30.3 Å². The van der Waals surface area contributed by atoms with Crippen molar-refractivity contribution in [3.63, 3.8) is 0 Å². The molecule has 0 saturated heterocycles. The van der Waals surface area contributed by atoms with Crippen LogP contribution < -0.4 is 14.9 Å². The molecule has 6 heteroatoms. The van der Waals surface area contributed by atoms with Gasteiger partial charge in [0.1, 0.15) is 0 Å². The molecule has 1 amide bonds. The standard InChI is InChI=1S/C14H11N3O3/c18-14(17-16-8-11-3-1-2-6-15-11)10-4-5-12-13(7-10)20-9-19-12/h1-8H,9H2,(H,17,18)/b16-8+. The number of carbonyl (C=O) groups excluding carboxylic acids is 1. The number of pyridine rings is 1. The number of aromatic nitrogens is 1. The molecule has 0 aliphatic carbocycles. The van der Waals surface area contributed by atoms with E-state index in [1.165, 1.54) is 6.21 Å². The van der Waals surface area contributed by atoms with Crippen molar-refractivity contribution >= 4 is 12.1 Å². The fourth-order valence-electron chi connectivity index (χ4n) is 1.71. The predicted molar refractivity (Wildman–Crippen MR) is 71.9 cm³/mol. The lowest BCUT2D eigenvalue weighted by atomic mass is 10.2. The number of carbonyl (C=O) groups is 1. The van der Waals surface area contributed by atoms with E-state index in [9.17, 15) is 4.79 Å².